The van der Waals surface area contributed by atoms with Gasteiger partial charge in [-0.15, -0.1) is 4.99 Å². The van der Waals surface area contributed by atoms with Gasteiger partial charge in [0.2, 0.25) is 5.96 Å². The summed E-state index contributed by atoms with van der Waals surface area (Å²) in [7, 11) is 1.57. The van der Waals surface area contributed by atoms with Crippen LogP contribution in [-0.2, 0) is 23.4 Å². The van der Waals surface area contributed by atoms with Crippen LogP contribution in [0.5, 0.6) is 0 Å². The van der Waals surface area contributed by atoms with Crippen LogP contribution in [0.3, 0.4) is 0 Å². The third kappa shape index (κ3) is 6.00. The lowest BCUT2D eigenvalue weighted by atomic mass is 9.82. The summed E-state index contributed by atoms with van der Waals surface area (Å²) in [6.45, 7) is 1.64. The van der Waals surface area contributed by atoms with E-state index >= 15 is 0 Å². The predicted molar refractivity (Wildman–Crippen MR) is 154 cm³/mol. The number of carbonyl (C=O) groups excluding carboxylic acids is 2. The van der Waals surface area contributed by atoms with Gasteiger partial charge in [0.15, 0.2) is 5.54 Å². The SMILES string of the molecule is Cc1cc(CN2C(=O)C(c3ccc(F)cc3)(c3ccc(F)cc3)N/C2=N\C(=O)O)cc(C(=O)N(C)Cc2ccc(F)cc2)n1. The molecule has 1 aliphatic rings. The molecular weight excluding hydrogens is 575 g/mol. The molecule has 44 heavy (non-hydrogen) atoms. The zero-order valence-corrected chi connectivity index (χ0v) is 23.6. The molecule has 0 aliphatic carbocycles. The number of carbonyl (C=O) groups is 3. The molecule has 0 radical (unpaired) electrons. The molecule has 2 heterocycles. The summed E-state index contributed by atoms with van der Waals surface area (Å²) in [5, 5.41) is 12.5. The number of aliphatic imine (C=N–C) groups is 1. The summed E-state index contributed by atoms with van der Waals surface area (Å²) in [5.41, 5.74) is 0.436. The number of hydrogen-bond acceptors (Lipinski definition) is 4. The zero-order valence-electron chi connectivity index (χ0n) is 23.6. The molecule has 0 bridgehead atoms. The average molecular weight is 602 g/mol. The van der Waals surface area contributed by atoms with Gasteiger partial charge in [-0.2, -0.15) is 0 Å². The molecule has 4 aromatic rings. The van der Waals surface area contributed by atoms with Crippen LogP contribution in [0.2, 0.25) is 0 Å². The van der Waals surface area contributed by atoms with Crippen LogP contribution >= 0.6 is 0 Å². The Balaban J connectivity index is 1.52. The molecule has 1 fully saturated rings. The zero-order chi connectivity index (χ0) is 31.6. The number of aromatic nitrogens is 1. The van der Waals surface area contributed by atoms with E-state index in [4.69, 9.17) is 0 Å². The Morgan fingerprint density at radius 1 is 0.886 bits per heavy atom. The second-order valence-corrected chi connectivity index (χ2v) is 10.3. The van der Waals surface area contributed by atoms with Crippen LogP contribution in [0, 0.1) is 24.4 Å². The van der Waals surface area contributed by atoms with Crippen molar-refractivity contribution in [2.24, 2.45) is 4.99 Å². The molecule has 2 N–H and O–H groups in total. The predicted octanol–water partition coefficient (Wildman–Crippen LogP) is 4.99. The first-order valence-electron chi connectivity index (χ1n) is 13.4. The van der Waals surface area contributed by atoms with Crippen molar-refractivity contribution in [3.63, 3.8) is 0 Å². The standard InChI is InChI=1S/C32H26F3N5O4/c1-19-15-21(16-27(36-19)28(41)39(2)17-20-3-9-24(33)10-4-20)18-40-29(42)32(38-30(40)37-31(43)44,22-5-11-25(34)12-6-22)23-7-13-26(35)14-8-23/h3-16H,17-18H2,1-2H3,(H,37,38)(H,43,44). The normalized spacial score (nSPS) is 14.9. The van der Waals surface area contributed by atoms with Gasteiger partial charge in [-0.3, -0.25) is 14.5 Å². The van der Waals surface area contributed by atoms with Gasteiger partial charge in [0.25, 0.3) is 11.8 Å². The smallest absolute Gasteiger partial charge is 0.434 e. The third-order valence-electron chi connectivity index (χ3n) is 7.13. The van der Waals surface area contributed by atoms with Crippen LogP contribution in [0.1, 0.15) is 38.4 Å². The maximum Gasteiger partial charge on any atom is 0.434 e. The molecule has 12 heteroatoms. The summed E-state index contributed by atoms with van der Waals surface area (Å²) in [4.78, 5) is 49.8. The highest BCUT2D eigenvalue weighted by Gasteiger charge is 2.53. The van der Waals surface area contributed by atoms with Crippen molar-refractivity contribution in [3.8, 4) is 0 Å². The molecule has 224 valence electrons. The number of pyridine rings is 1. The number of nitrogens with zero attached hydrogens (tertiary/aromatic N) is 4. The summed E-state index contributed by atoms with van der Waals surface area (Å²) in [5.74, 6) is -2.92. The van der Waals surface area contributed by atoms with Crippen molar-refractivity contribution >= 4 is 23.9 Å². The maximum atomic E-state index is 14.3. The molecule has 0 saturated carbocycles. The molecule has 1 saturated heterocycles. The number of carboxylic acid groups (broad SMARTS) is 1. The quantitative estimate of drug-likeness (QED) is 0.309. The molecule has 9 nitrogen and oxygen atoms in total. The van der Waals surface area contributed by atoms with Gasteiger partial charge in [-0.05, 0) is 77.7 Å². The van der Waals surface area contributed by atoms with Crippen LogP contribution in [-0.4, -0.2) is 50.8 Å². The molecule has 0 atom stereocenters. The monoisotopic (exact) mass is 601 g/mol. The second-order valence-electron chi connectivity index (χ2n) is 10.3. The summed E-state index contributed by atoms with van der Waals surface area (Å²) in [6.07, 6.45) is -1.58. The van der Waals surface area contributed by atoms with E-state index in [0.717, 1.165) is 29.2 Å². The van der Waals surface area contributed by atoms with E-state index < -0.39 is 40.9 Å². The molecule has 0 unspecified atom stereocenters. The molecule has 1 aliphatic heterocycles. The Hall–Kier alpha value is -5.52. The van der Waals surface area contributed by atoms with Gasteiger partial charge in [0.1, 0.15) is 23.1 Å². The number of amides is 3. The minimum atomic E-state index is -1.77. The molecular formula is C32H26F3N5O4. The first kappa shape index (κ1) is 30.0. The summed E-state index contributed by atoms with van der Waals surface area (Å²) < 4.78 is 41.1. The fourth-order valence-electron chi connectivity index (χ4n) is 5.13. The highest BCUT2D eigenvalue weighted by atomic mass is 19.1. The van der Waals surface area contributed by atoms with Crippen LogP contribution < -0.4 is 5.32 Å². The van der Waals surface area contributed by atoms with Gasteiger partial charge in [-0.25, -0.2) is 22.9 Å². The highest BCUT2D eigenvalue weighted by Crippen LogP contribution is 2.37. The van der Waals surface area contributed by atoms with E-state index in [1.165, 1.54) is 47.4 Å². The number of benzene rings is 3. The van der Waals surface area contributed by atoms with E-state index in [2.05, 4.69) is 15.3 Å². The Kier molecular flexibility index (Phi) is 8.17. The number of nitrogens with one attached hydrogen (secondary N) is 1. The van der Waals surface area contributed by atoms with Gasteiger partial charge in [0, 0.05) is 19.3 Å². The topological polar surface area (TPSA) is 115 Å². The van der Waals surface area contributed by atoms with Crippen molar-refractivity contribution in [3.05, 3.63) is 136 Å². The lowest BCUT2D eigenvalue weighted by Crippen LogP contribution is -2.45. The second kappa shape index (κ2) is 12.0. The molecule has 3 amide bonds. The average Bonchev–Trinajstić information content (AvgIpc) is 3.25. The van der Waals surface area contributed by atoms with E-state index in [9.17, 15) is 32.7 Å². The van der Waals surface area contributed by atoms with E-state index in [1.807, 2.05) is 0 Å². The number of halogens is 3. The number of guanidine groups is 1. The Morgan fingerprint density at radius 2 is 1.41 bits per heavy atom. The number of rotatable bonds is 7. The Morgan fingerprint density at radius 3 is 1.93 bits per heavy atom. The van der Waals surface area contributed by atoms with Crippen LogP contribution in [0.15, 0.2) is 89.9 Å². The lowest BCUT2D eigenvalue weighted by Gasteiger charge is -2.28. The summed E-state index contributed by atoms with van der Waals surface area (Å²) in [6, 6.07) is 18.9. The third-order valence-corrected chi connectivity index (χ3v) is 7.13. The highest BCUT2D eigenvalue weighted by molar-refractivity contribution is 6.13. The van der Waals surface area contributed by atoms with Crippen LogP contribution in [0.4, 0.5) is 18.0 Å². The largest absolute Gasteiger partial charge is 0.463 e. The van der Waals surface area contributed by atoms with Crippen molar-refractivity contribution in [2.75, 3.05) is 7.05 Å². The van der Waals surface area contributed by atoms with Crippen molar-refractivity contribution in [2.45, 2.75) is 25.6 Å². The molecule has 1 aromatic heterocycles. The Bertz CT molecular complexity index is 1720. The number of hydrogen-bond donors (Lipinski definition) is 2. The van der Waals surface area contributed by atoms with Gasteiger partial charge < -0.3 is 15.3 Å². The van der Waals surface area contributed by atoms with E-state index in [0.29, 0.717) is 16.8 Å². The minimum absolute atomic E-state index is 0.0734. The maximum absolute atomic E-state index is 14.3. The molecule has 0 spiro atoms. The van der Waals surface area contributed by atoms with Gasteiger partial charge in [-0.1, -0.05) is 36.4 Å². The van der Waals surface area contributed by atoms with Crippen molar-refractivity contribution < 1.29 is 32.7 Å². The first-order valence-corrected chi connectivity index (χ1v) is 13.4. The fourth-order valence-corrected chi connectivity index (χ4v) is 5.13. The van der Waals surface area contributed by atoms with Gasteiger partial charge >= 0.3 is 6.09 Å². The van der Waals surface area contributed by atoms with Crippen molar-refractivity contribution in [1.29, 1.82) is 0 Å². The van der Waals surface area contributed by atoms with Crippen LogP contribution in [0.25, 0.3) is 0 Å². The Labute approximate surface area is 250 Å². The lowest BCUT2D eigenvalue weighted by molar-refractivity contribution is -0.130. The summed E-state index contributed by atoms with van der Waals surface area (Å²) >= 11 is 0. The number of aryl methyl sites for hydroxylation is 1. The fraction of sp³-hybridized carbons (Fsp3) is 0.156. The molecule has 5 rings (SSSR count). The minimum Gasteiger partial charge on any atom is -0.463 e. The molecule has 3 aromatic carbocycles. The van der Waals surface area contributed by atoms with Crippen molar-refractivity contribution in [1.82, 2.24) is 20.1 Å². The van der Waals surface area contributed by atoms with E-state index in [-0.39, 0.29) is 35.9 Å². The van der Waals surface area contributed by atoms with E-state index in [1.54, 1.807) is 32.2 Å². The van der Waals surface area contributed by atoms with Gasteiger partial charge in [0.05, 0.1) is 6.54 Å². The first-order chi connectivity index (χ1) is 21.0.